The van der Waals surface area contributed by atoms with E-state index in [0.717, 1.165) is 28.1 Å². The summed E-state index contributed by atoms with van der Waals surface area (Å²) in [6, 6.07) is 30.6. The molecule has 3 aromatic carbocycles. The summed E-state index contributed by atoms with van der Waals surface area (Å²) in [4.78, 5) is 14.1. The van der Waals surface area contributed by atoms with Crippen molar-refractivity contribution in [3.05, 3.63) is 103 Å². The van der Waals surface area contributed by atoms with E-state index in [4.69, 9.17) is 9.97 Å². The van der Waals surface area contributed by atoms with Crippen LogP contribution in [-0.4, -0.2) is 19.5 Å². The SMILES string of the molecule is CC(Nc1nc(-c2ccccc2)cc(-n2cnc3ccccc32)n1)c1ccccc1. The Labute approximate surface area is 175 Å². The van der Waals surface area contributed by atoms with Crippen molar-refractivity contribution in [2.45, 2.75) is 13.0 Å². The minimum Gasteiger partial charge on any atom is -0.348 e. The topological polar surface area (TPSA) is 55.6 Å². The fraction of sp³-hybridized carbons (Fsp3) is 0.0800. The molecule has 5 nitrogen and oxygen atoms in total. The number of rotatable bonds is 5. The molecular formula is C25H21N5. The predicted molar refractivity (Wildman–Crippen MR) is 121 cm³/mol. The second-order valence-electron chi connectivity index (χ2n) is 7.18. The van der Waals surface area contributed by atoms with E-state index in [1.807, 2.05) is 77.6 Å². The van der Waals surface area contributed by atoms with Gasteiger partial charge in [0.1, 0.15) is 12.1 Å². The maximum Gasteiger partial charge on any atom is 0.225 e. The highest BCUT2D eigenvalue weighted by atomic mass is 15.2. The molecule has 0 saturated carbocycles. The summed E-state index contributed by atoms with van der Waals surface area (Å²) in [6.45, 7) is 2.11. The standard InChI is InChI=1S/C25H21N5/c1-18(19-10-4-2-5-11-19)27-25-28-22(20-12-6-3-7-13-20)16-24(29-25)30-17-26-21-14-8-9-15-23(21)30/h2-18H,1H3,(H,27,28,29). The van der Waals surface area contributed by atoms with Crippen LogP contribution in [0.3, 0.4) is 0 Å². The van der Waals surface area contributed by atoms with E-state index in [0.29, 0.717) is 5.95 Å². The molecule has 5 heteroatoms. The first-order valence-corrected chi connectivity index (χ1v) is 9.96. The van der Waals surface area contributed by atoms with Crippen LogP contribution in [0, 0.1) is 0 Å². The molecule has 0 radical (unpaired) electrons. The Kier molecular flexibility index (Phi) is 4.69. The fourth-order valence-electron chi connectivity index (χ4n) is 3.54. The van der Waals surface area contributed by atoms with Crippen LogP contribution in [0.15, 0.2) is 97.3 Å². The Morgan fingerprint density at radius 3 is 2.30 bits per heavy atom. The second kappa shape index (κ2) is 7.79. The van der Waals surface area contributed by atoms with Crippen LogP contribution in [0.1, 0.15) is 18.5 Å². The zero-order valence-electron chi connectivity index (χ0n) is 16.6. The summed E-state index contributed by atoms with van der Waals surface area (Å²) in [5, 5.41) is 3.46. The van der Waals surface area contributed by atoms with Crippen molar-refractivity contribution >= 4 is 17.0 Å². The van der Waals surface area contributed by atoms with Gasteiger partial charge in [-0.15, -0.1) is 0 Å². The highest BCUT2D eigenvalue weighted by molar-refractivity contribution is 5.77. The van der Waals surface area contributed by atoms with Gasteiger partial charge in [0, 0.05) is 11.6 Å². The zero-order chi connectivity index (χ0) is 20.3. The first-order valence-electron chi connectivity index (χ1n) is 9.96. The molecule has 5 rings (SSSR count). The maximum absolute atomic E-state index is 4.82. The minimum atomic E-state index is 0.0737. The van der Waals surface area contributed by atoms with E-state index < -0.39 is 0 Å². The van der Waals surface area contributed by atoms with Crippen molar-refractivity contribution in [2.24, 2.45) is 0 Å². The molecule has 0 amide bonds. The van der Waals surface area contributed by atoms with Crippen molar-refractivity contribution in [3.8, 4) is 17.1 Å². The molecule has 2 aromatic heterocycles. The van der Waals surface area contributed by atoms with E-state index >= 15 is 0 Å². The van der Waals surface area contributed by atoms with E-state index in [1.54, 1.807) is 0 Å². The molecule has 146 valence electrons. The van der Waals surface area contributed by atoms with Crippen molar-refractivity contribution in [2.75, 3.05) is 5.32 Å². The average Bonchev–Trinajstić information content (AvgIpc) is 3.24. The number of nitrogens with zero attached hydrogens (tertiary/aromatic N) is 4. The van der Waals surface area contributed by atoms with Crippen LogP contribution in [0.25, 0.3) is 28.1 Å². The molecule has 5 aromatic rings. The van der Waals surface area contributed by atoms with Crippen LogP contribution in [-0.2, 0) is 0 Å². The van der Waals surface area contributed by atoms with E-state index in [1.165, 1.54) is 5.56 Å². The quantitative estimate of drug-likeness (QED) is 0.420. The first-order chi connectivity index (χ1) is 14.8. The molecule has 2 heterocycles. The summed E-state index contributed by atoms with van der Waals surface area (Å²) in [6.07, 6.45) is 1.81. The van der Waals surface area contributed by atoms with Crippen LogP contribution >= 0.6 is 0 Å². The summed E-state index contributed by atoms with van der Waals surface area (Å²) >= 11 is 0. The Morgan fingerprint density at radius 2 is 1.50 bits per heavy atom. The van der Waals surface area contributed by atoms with Crippen molar-refractivity contribution in [3.63, 3.8) is 0 Å². The van der Waals surface area contributed by atoms with Gasteiger partial charge in [0.15, 0.2) is 0 Å². The molecule has 0 fully saturated rings. The number of para-hydroxylation sites is 2. The molecule has 0 aliphatic heterocycles. The van der Waals surface area contributed by atoms with Gasteiger partial charge in [-0.1, -0.05) is 72.8 Å². The fourth-order valence-corrected chi connectivity index (χ4v) is 3.54. The van der Waals surface area contributed by atoms with Gasteiger partial charge in [-0.2, -0.15) is 4.98 Å². The molecule has 0 saturated heterocycles. The number of fused-ring (bicyclic) bond motifs is 1. The normalized spacial score (nSPS) is 12.0. The van der Waals surface area contributed by atoms with Gasteiger partial charge < -0.3 is 5.32 Å². The Bertz CT molecular complexity index is 1280. The van der Waals surface area contributed by atoms with Crippen LogP contribution in [0.4, 0.5) is 5.95 Å². The Hall–Kier alpha value is -3.99. The molecule has 0 aliphatic rings. The highest BCUT2D eigenvalue weighted by Crippen LogP contribution is 2.25. The van der Waals surface area contributed by atoms with Crippen LogP contribution in [0.5, 0.6) is 0 Å². The van der Waals surface area contributed by atoms with Gasteiger partial charge in [-0.25, -0.2) is 9.97 Å². The minimum absolute atomic E-state index is 0.0737. The molecule has 1 unspecified atom stereocenters. The van der Waals surface area contributed by atoms with E-state index in [2.05, 4.69) is 41.5 Å². The molecule has 1 atom stereocenters. The van der Waals surface area contributed by atoms with Gasteiger partial charge >= 0.3 is 0 Å². The lowest BCUT2D eigenvalue weighted by molar-refractivity contribution is 0.855. The summed E-state index contributed by atoms with van der Waals surface area (Å²) in [7, 11) is 0. The monoisotopic (exact) mass is 391 g/mol. The van der Waals surface area contributed by atoms with Crippen LogP contribution in [0.2, 0.25) is 0 Å². The number of nitrogens with one attached hydrogen (secondary N) is 1. The van der Waals surface area contributed by atoms with Crippen molar-refractivity contribution < 1.29 is 0 Å². The lowest BCUT2D eigenvalue weighted by Crippen LogP contribution is -2.11. The summed E-state index contributed by atoms with van der Waals surface area (Å²) in [5.41, 5.74) is 5.03. The molecule has 0 spiro atoms. The second-order valence-corrected chi connectivity index (χ2v) is 7.18. The number of imidazole rings is 1. The Morgan fingerprint density at radius 1 is 0.800 bits per heavy atom. The van der Waals surface area contributed by atoms with Crippen molar-refractivity contribution in [1.82, 2.24) is 19.5 Å². The van der Waals surface area contributed by atoms with Gasteiger partial charge in [0.2, 0.25) is 5.95 Å². The third-order valence-electron chi connectivity index (χ3n) is 5.13. The highest BCUT2D eigenvalue weighted by Gasteiger charge is 2.13. The number of hydrogen-bond acceptors (Lipinski definition) is 4. The lowest BCUT2D eigenvalue weighted by atomic mass is 10.1. The van der Waals surface area contributed by atoms with Gasteiger partial charge in [-0.3, -0.25) is 4.57 Å². The van der Waals surface area contributed by atoms with Gasteiger partial charge in [0.25, 0.3) is 0 Å². The maximum atomic E-state index is 4.82. The largest absolute Gasteiger partial charge is 0.348 e. The summed E-state index contributed by atoms with van der Waals surface area (Å²) < 4.78 is 2.00. The van der Waals surface area contributed by atoms with Crippen LogP contribution < -0.4 is 5.32 Å². The van der Waals surface area contributed by atoms with E-state index in [9.17, 15) is 0 Å². The van der Waals surface area contributed by atoms with Gasteiger partial charge in [-0.05, 0) is 24.6 Å². The predicted octanol–water partition coefficient (Wildman–Crippen LogP) is 5.66. The molecule has 0 bridgehead atoms. The average molecular weight is 391 g/mol. The molecule has 30 heavy (non-hydrogen) atoms. The molecule has 0 aliphatic carbocycles. The number of aromatic nitrogens is 4. The zero-order valence-corrected chi connectivity index (χ0v) is 16.6. The summed E-state index contributed by atoms with van der Waals surface area (Å²) in [5.74, 6) is 1.36. The number of benzene rings is 3. The Balaban J connectivity index is 1.61. The third-order valence-corrected chi connectivity index (χ3v) is 5.13. The first kappa shape index (κ1) is 18.1. The lowest BCUT2D eigenvalue weighted by Gasteiger charge is -2.16. The molecular weight excluding hydrogens is 370 g/mol. The number of hydrogen-bond donors (Lipinski definition) is 1. The van der Waals surface area contributed by atoms with Gasteiger partial charge in [0.05, 0.1) is 22.8 Å². The van der Waals surface area contributed by atoms with E-state index in [-0.39, 0.29) is 6.04 Å². The van der Waals surface area contributed by atoms with Crippen molar-refractivity contribution in [1.29, 1.82) is 0 Å². The smallest absolute Gasteiger partial charge is 0.225 e. The molecule has 1 N–H and O–H groups in total. The third kappa shape index (κ3) is 3.53. The number of anilines is 1.